The van der Waals surface area contributed by atoms with Crippen molar-refractivity contribution in [2.24, 2.45) is 0 Å². The van der Waals surface area contributed by atoms with Gasteiger partial charge in [0.1, 0.15) is 23.0 Å². The maximum absolute atomic E-state index is 9.59. The summed E-state index contributed by atoms with van der Waals surface area (Å²) < 4.78 is 15.8. The molecule has 0 atom stereocenters. The zero-order valence-electron chi connectivity index (χ0n) is 24.3. The van der Waals surface area contributed by atoms with Gasteiger partial charge in [-0.15, -0.1) is 0 Å². The molecule has 0 aliphatic rings. The minimum absolute atomic E-state index is 0.245. The number of nitrogens with one attached hydrogen (secondary N) is 2. The molecular weight excluding hydrogens is 520 g/mol. The molecule has 3 N–H and O–H groups in total. The van der Waals surface area contributed by atoms with Crippen molar-refractivity contribution in [3.05, 3.63) is 120 Å². The number of carbonyl (C=O) groups excluding carboxylic acids is 1. The van der Waals surface area contributed by atoms with Crippen LogP contribution in [0.15, 0.2) is 109 Å². The molecule has 41 heavy (non-hydrogen) atoms. The number of esters is 1. The van der Waals surface area contributed by atoms with Gasteiger partial charge in [0.25, 0.3) is 5.97 Å². The van der Waals surface area contributed by atoms with Gasteiger partial charge >= 0.3 is 5.97 Å². The summed E-state index contributed by atoms with van der Waals surface area (Å²) in [5.41, 5.74) is 2.32. The van der Waals surface area contributed by atoms with Crippen molar-refractivity contribution >= 4 is 11.9 Å². The zero-order valence-corrected chi connectivity index (χ0v) is 24.3. The molecule has 0 aliphatic carbocycles. The van der Waals surface area contributed by atoms with Gasteiger partial charge in [-0.3, -0.25) is 9.59 Å². The molecule has 0 aliphatic heterocycles. The number of ether oxygens (including phenoxy) is 3. The number of carboxylic acids is 1. The van der Waals surface area contributed by atoms with Crippen LogP contribution in [0.2, 0.25) is 0 Å². The Morgan fingerprint density at radius 2 is 0.902 bits per heavy atom. The fourth-order valence-corrected chi connectivity index (χ4v) is 3.11. The predicted octanol–water partition coefficient (Wildman–Crippen LogP) is 6.67. The summed E-state index contributed by atoms with van der Waals surface area (Å²) in [6, 6.07) is 35.8. The van der Waals surface area contributed by atoms with Crippen LogP contribution < -0.4 is 20.1 Å². The average Bonchev–Trinajstić information content (AvgIpc) is 2.97. The van der Waals surface area contributed by atoms with Gasteiger partial charge in [0.15, 0.2) is 0 Å². The van der Waals surface area contributed by atoms with Gasteiger partial charge in [0, 0.05) is 38.1 Å². The Labute approximate surface area is 242 Å². The largest absolute Gasteiger partial charge is 0.481 e. The number of para-hydroxylation sites is 4. The maximum atomic E-state index is 9.59. The van der Waals surface area contributed by atoms with E-state index in [2.05, 4.69) is 27.5 Å². The lowest BCUT2D eigenvalue weighted by Gasteiger charge is -2.10. The van der Waals surface area contributed by atoms with Crippen molar-refractivity contribution in [2.75, 3.05) is 21.2 Å². The van der Waals surface area contributed by atoms with Crippen molar-refractivity contribution < 1.29 is 28.9 Å². The SMILES string of the molecule is CC(=O)O.CNCc1ccccc1Oc1ccccc1.CNCc1ccccc1Oc1ccccc1.COC(C)=O. The number of rotatable bonds is 8. The van der Waals surface area contributed by atoms with E-state index >= 15 is 0 Å². The number of carbonyl (C=O) groups is 2. The van der Waals surface area contributed by atoms with Gasteiger partial charge < -0.3 is 30.0 Å². The monoisotopic (exact) mass is 560 g/mol. The molecule has 0 unspecified atom stereocenters. The lowest BCUT2D eigenvalue weighted by molar-refractivity contribution is -0.138. The van der Waals surface area contributed by atoms with Crippen molar-refractivity contribution in [2.45, 2.75) is 26.9 Å². The van der Waals surface area contributed by atoms with Gasteiger partial charge in [-0.05, 0) is 50.5 Å². The summed E-state index contributed by atoms with van der Waals surface area (Å²) in [7, 11) is 5.21. The van der Waals surface area contributed by atoms with E-state index in [-0.39, 0.29) is 5.97 Å². The molecule has 0 saturated heterocycles. The number of methoxy groups -OCH3 is 1. The zero-order chi connectivity index (χ0) is 30.3. The summed E-state index contributed by atoms with van der Waals surface area (Å²) >= 11 is 0. The Morgan fingerprint density at radius 1 is 0.610 bits per heavy atom. The number of hydrogen-bond donors (Lipinski definition) is 3. The van der Waals surface area contributed by atoms with Gasteiger partial charge in [0.2, 0.25) is 0 Å². The normalized spacial score (nSPS) is 9.29. The summed E-state index contributed by atoms with van der Waals surface area (Å²) in [5, 5.41) is 13.7. The van der Waals surface area contributed by atoms with Gasteiger partial charge in [0.05, 0.1) is 7.11 Å². The van der Waals surface area contributed by atoms with Crippen LogP contribution in [0.3, 0.4) is 0 Å². The van der Waals surface area contributed by atoms with E-state index in [1.165, 1.54) is 14.0 Å². The highest BCUT2D eigenvalue weighted by molar-refractivity contribution is 5.65. The van der Waals surface area contributed by atoms with Crippen LogP contribution in [0.5, 0.6) is 23.0 Å². The molecule has 8 nitrogen and oxygen atoms in total. The third kappa shape index (κ3) is 16.1. The number of hydrogen-bond acceptors (Lipinski definition) is 7. The van der Waals surface area contributed by atoms with Crippen LogP contribution >= 0.6 is 0 Å². The molecule has 0 radical (unpaired) electrons. The summed E-state index contributed by atoms with van der Waals surface area (Å²) in [4.78, 5) is 18.6. The molecule has 0 bridgehead atoms. The van der Waals surface area contributed by atoms with Crippen LogP contribution in [0, 0.1) is 0 Å². The quantitative estimate of drug-likeness (QED) is 0.205. The maximum Gasteiger partial charge on any atom is 0.302 e. The Balaban J connectivity index is 0.000000318. The van der Waals surface area contributed by atoms with E-state index in [1.807, 2.05) is 111 Å². The van der Waals surface area contributed by atoms with Crippen molar-refractivity contribution in [1.82, 2.24) is 10.6 Å². The number of aliphatic carboxylic acids is 1. The molecule has 218 valence electrons. The standard InChI is InChI=1S/2C14H15NO.C3H6O2.C2H4O2/c2*1-15-11-12-7-5-6-10-14(12)16-13-8-3-2-4-9-13;1-3(4)5-2;1-2(3)4/h2*2-10,15H,11H2,1H3;1-2H3;1H3,(H,3,4). The van der Waals surface area contributed by atoms with Gasteiger partial charge in [-0.2, -0.15) is 0 Å². The minimum atomic E-state index is -0.833. The first kappa shape index (κ1) is 34.4. The summed E-state index contributed by atoms with van der Waals surface area (Å²) in [5.74, 6) is 2.47. The Hall–Kier alpha value is -4.66. The molecule has 0 fully saturated rings. The van der Waals surface area contributed by atoms with Crippen molar-refractivity contribution in [3.8, 4) is 23.0 Å². The Kier molecular flexibility index (Phi) is 17.8. The third-order valence-corrected chi connectivity index (χ3v) is 4.91. The van der Waals surface area contributed by atoms with Crippen LogP contribution in [0.4, 0.5) is 0 Å². The molecule has 0 heterocycles. The lowest BCUT2D eigenvalue weighted by Crippen LogP contribution is -2.06. The lowest BCUT2D eigenvalue weighted by atomic mass is 10.2. The topological polar surface area (TPSA) is 106 Å². The van der Waals surface area contributed by atoms with E-state index in [0.717, 1.165) is 54.1 Å². The predicted molar refractivity (Wildman–Crippen MR) is 162 cm³/mol. The second-order valence-electron chi connectivity index (χ2n) is 8.32. The Bertz CT molecular complexity index is 1180. The van der Waals surface area contributed by atoms with Crippen LogP contribution in [0.25, 0.3) is 0 Å². The van der Waals surface area contributed by atoms with Gasteiger partial charge in [-0.1, -0.05) is 72.8 Å². The molecule has 0 saturated carbocycles. The molecule has 0 amide bonds. The second kappa shape index (κ2) is 21.2. The van der Waals surface area contributed by atoms with Gasteiger partial charge in [-0.25, -0.2) is 0 Å². The van der Waals surface area contributed by atoms with E-state index in [1.54, 1.807) is 0 Å². The van der Waals surface area contributed by atoms with E-state index in [0.29, 0.717) is 0 Å². The minimum Gasteiger partial charge on any atom is -0.481 e. The Morgan fingerprint density at radius 3 is 1.20 bits per heavy atom. The first-order valence-electron chi connectivity index (χ1n) is 13.0. The van der Waals surface area contributed by atoms with Crippen LogP contribution in [0.1, 0.15) is 25.0 Å². The highest BCUT2D eigenvalue weighted by Gasteiger charge is 2.03. The molecule has 4 aromatic rings. The fraction of sp³-hybridized carbons (Fsp3) is 0.212. The molecule has 4 aromatic carbocycles. The molecule has 0 aromatic heterocycles. The van der Waals surface area contributed by atoms with E-state index in [4.69, 9.17) is 19.4 Å². The van der Waals surface area contributed by atoms with Crippen molar-refractivity contribution in [1.29, 1.82) is 0 Å². The number of carboxylic acid groups (broad SMARTS) is 1. The molecule has 0 spiro atoms. The van der Waals surface area contributed by atoms with Crippen LogP contribution in [-0.4, -0.2) is 38.3 Å². The first-order chi connectivity index (χ1) is 19.8. The first-order valence-corrected chi connectivity index (χ1v) is 13.0. The number of benzene rings is 4. The smallest absolute Gasteiger partial charge is 0.302 e. The third-order valence-electron chi connectivity index (χ3n) is 4.91. The summed E-state index contributed by atoms with van der Waals surface area (Å²) in [6.07, 6.45) is 0. The highest BCUT2D eigenvalue weighted by atomic mass is 16.5. The summed E-state index contributed by atoms with van der Waals surface area (Å²) in [6.45, 7) is 4.06. The molecular formula is C33H40N2O6. The second-order valence-corrected chi connectivity index (χ2v) is 8.32. The van der Waals surface area contributed by atoms with Crippen LogP contribution in [-0.2, 0) is 27.4 Å². The van der Waals surface area contributed by atoms with E-state index < -0.39 is 5.97 Å². The fourth-order valence-electron chi connectivity index (χ4n) is 3.11. The average molecular weight is 561 g/mol. The van der Waals surface area contributed by atoms with Crippen molar-refractivity contribution in [3.63, 3.8) is 0 Å². The molecule has 4 rings (SSSR count). The highest BCUT2D eigenvalue weighted by Crippen LogP contribution is 2.25. The van der Waals surface area contributed by atoms with E-state index in [9.17, 15) is 4.79 Å². The molecule has 8 heteroatoms.